The van der Waals surface area contributed by atoms with Crippen LogP contribution in [0.5, 0.6) is 0 Å². The average Bonchev–Trinajstić information content (AvgIpc) is 2.48. The van der Waals surface area contributed by atoms with Crippen molar-refractivity contribution in [3.63, 3.8) is 0 Å². The summed E-state index contributed by atoms with van der Waals surface area (Å²) in [7, 11) is 0. The second-order valence-corrected chi connectivity index (χ2v) is 3.65. The quantitative estimate of drug-likeness (QED) is 0.416. The summed E-state index contributed by atoms with van der Waals surface area (Å²) in [4.78, 5) is 4.17. The summed E-state index contributed by atoms with van der Waals surface area (Å²) in [6.07, 6.45) is 5.52. The number of thiocarbonyl (C=S) groups is 1. The lowest BCUT2D eigenvalue weighted by Crippen LogP contribution is -2.13. The van der Waals surface area contributed by atoms with Crippen LogP contribution in [0.3, 0.4) is 0 Å². The molecule has 3 atom stereocenters. The van der Waals surface area contributed by atoms with Gasteiger partial charge in [0.25, 0.3) is 0 Å². The summed E-state index contributed by atoms with van der Waals surface area (Å²) in [5.41, 5.74) is 0. The monoisotopic (exact) mass is 153 g/mol. The minimum atomic E-state index is 0.552. The minimum Gasteiger partial charge on any atom is -0.229 e. The first-order valence-corrected chi connectivity index (χ1v) is 4.38. The van der Waals surface area contributed by atoms with Crippen LogP contribution in [0.4, 0.5) is 0 Å². The van der Waals surface area contributed by atoms with Crippen LogP contribution in [-0.2, 0) is 0 Å². The molecule has 0 amide bonds. The molecule has 0 saturated heterocycles. The Morgan fingerprint density at radius 2 is 2.20 bits per heavy atom. The van der Waals surface area contributed by atoms with E-state index in [2.05, 4.69) is 22.4 Å². The molecule has 2 heteroatoms. The molecule has 0 aromatic carbocycles. The van der Waals surface area contributed by atoms with Crippen LogP contribution in [0, 0.1) is 11.8 Å². The van der Waals surface area contributed by atoms with Crippen LogP contribution in [0.15, 0.2) is 4.99 Å². The Hall–Kier alpha value is -0.200. The van der Waals surface area contributed by atoms with Gasteiger partial charge in [0.2, 0.25) is 0 Å². The zero-order chi connectivity index (χ0) is 6.97. The molecule has 2 unspecified atom stereocenters. The molecule has 0 heterocycles. The molecule has 0 aromatic heterocycles. The maximum atomic E-state index is 4.59. The van der Waals surface area contributed by atoms with Gasteiger partial charge in [0.1, 0.15) is 0 Å². The van der Waals surface area contributed by atoms with E-state index in [1.165, 1.54) is 25.7 Å². The number of isothiocyanates is 1. The van der Waals surface area contributed by atoms with Crippen LogP contribution in [0.1, 0.15) is 25.7 Å². The van der Waals surface area contributed by atoms with Gasteiger partial charge in [0, 0.05) is 0 Å². The highest BCUT2D eigenvalue weighted by molar-refractivity contribution is 7.78. The van der Waals surface area contributed by atoms with Gasteiger partial charge in [-0.15, -0.1) is 0 Å². The van der Waals surface area contributed by atoms with E-state index in [4.69, 9.17) is 0 Å². The summed E-state index contributed by atoms with van der Waals surface area (Å²) in [5.74, 6) is 1.84. The van der Waals surface area contributed by atoms with Crippen molar-refractivity contribution in [2.24, 2.45) is 16.8 Å². The number of fused-ring (bicyclic) bond motifs is 2. The van der Waals surface area contributed by atoms with Gasteiger partial charge in [-0.1, -0.05) is 6.42 Å². The third-order valence-corrected chi connectivity index (χ3v) is 3.02. The van der Waals surface area contributed by atoms with Crippen molar-refractivity contribution < 1.29 is 0 Å². The van der Waals surface area contributed by atoms with Gasteiger partial charge in [0.15, 0.2) is 0 Å². The van der Waals surface area contributed by atoms with E-state index in [0.717, 1.165) is 11.8 Å². The minimum absolute atomic E-state index is 0.552. The zero-order valence-electron chi connectivity index (χ0n) is 5.92. The van der Waals surface area contributed by atoms with E-state index in [1.807, 2.05) is 0 Å². The molecule has 54 valence electrons. The molecule has 2 saturated carbocycles. The van der Waals surface area contributed by atoms with Crippen molar-refractivity contribution in [1.29, 1.82) is 0 Å². The fourth-order valence-corrected chi connectivity index (χ4v) is 2.57. The lowest BCUT2D eigenvalue weighted by molar-refractivity contribution is 0.422. The van der Waals surface area contributed by atoms with Crippen LogP contribution in [0.2, 0.25) is 0 Å². The molecular formula is C8H11NS. The maximum absolute atomic E-state index is 4.59. The Labute approximate surface area is 66.5 Å². The normalized spacial score (nSPS) is 43.4. The number of hydrogen-bond acceptors (Lipinski definition) is 2. The SMILES string of the molecule is S=C=N[C@H]1CC2CCC1C2. The first-order valence-electron chi connectivity index (χ1n) is 3.97. The smallest absolute Gasteiger partial charge is 0.0633 e. The van der Waals surface area contributed by atoms with Crippen molar-refractivity contribution in [2.75, 3.05) is 0 Å². The van der Waals surface area contributed by atoms with E-state index in [1.54, 1.807) is 0 Å². The molecule has 2 bridgehead atoms. The maximum Gasteiger partial charge on any atom is 0.0633 e. The Morgan fingerprint density at radius 1 is 1.30 bits per heavy atom. The summed E-state index contributed by atoms with van der Waals surface area (Å²) in [6, 6.07) is 0.552. The molecule has 2 rings (SSSR count). The predicted molar refractivity (Wildman–Crippen MR) is 44.3 cm³/mol. The highest BCUT2D eigenvalue weighted by Gasteiger charge is 2.39. The van der Waals surface area contributed by atoms with Gasteiger partial charge in [-0.25, -0.2) is 4.99 Å². The van der Waals surface area contributed by atoms with Crippen LogP contribution >= 0.6 is 12.2 Å². The fourth-order valence-electron chi connectivity index (χ4n) is 2.44. The highest BCUT2D eigenvalue weighted by Crippen LogP contribution is 2.45. The first kappa shape index (κ1) is 6.51. The molecule has 2 aliphatic rings. The van der Waals surface area contributed by atoms with E-state index in [9.17, 15) is 0 Å². The van der Waals surface area contributed by atoms with Crippen molar-refractivity contribution in [1.82, 2.24) is 0 Å². The molecule has 2 fully saturated rings. The number of hydrogen-bond donors (Lipinski definition) is 0. The third-order valence-electron chi connectivity index (χ3n) is 2.92. The van der Waals surface area contributed by atoms with Crippen molar-refractivity contribution in [3.05, 3.63) is 0 Å². The second-order valence-electron chi connectivity index (χ2n) is 3.46. The second kappa shape index (κ2) is 2.44. The van der Waals surface area contributed by atoms with Gasteiger partial charge in [-0.2, -0.15) is 0 Å². The number of nitrogens with zero attached hydrogens (tertiary/aromatic N) is 1. The van der Waals surface area contributed by atoms with Crippen LogP contribution < -0.4 is 0 Å². The Kier molecular flexibility index (Phi) is 1.59. The predicted octanol–water partition coefficient (Wildman–Crippen LogP) is 2.28. The third kappa shape index (κ3) is 0.920. The van der Waals surface area contributed by atoms with Crippen LogP contribution in [0.25, 0.3) is 0 Å². The van der Waals surface area contributed by atoms with Gasteiger partial charge < -0.3 is 0 Å². The van der Waals surface area contributed by atoms with Gasteiger partial charge in [-0.3, -0.25) is 0 Å². The van der Waals surface area contributed by atoms with Gasteiger partial charge >= 0.3 is 0 Å². The fraction of sp³-hybridized carbons (Fsp3) is 0.875. The largest absolute Gasteiger partial charge is 0.229 e. The molecule has 2 aliphatic carbocycles. The standard InChI is InChI=1S/C8H11NS/c10-5-9-8-4-6-1-2-7(8)3-6/h6-8H,1-4H2/t6?,7?,8-/m0/s1. The number of aliphatic imine (C=N–C) groups is 1. The van der Waals surface area contributed by atoms with Crippen molar-refractivity contribution in [2.45, 2.75) is 31.7 Å². The molecule has 1 nitrogen and oxygen atoms in total. The van der Waals surface area contributed by atoms with E-state index in [0.29, 0.717) is 6.04 Å². The zero-order valence-corrected chi connectivity index (χ0v) is 6.73. The summed E-state index contributed by atoms with van der Waals surface area (Å²) in [5, 5.41) is 2.50. The lowest BCUT2D eigenvalue weighted by atomic mass is 9.96. The van der Waals surface area contributed by atoms with Gasteiger partial charge in [0.05, 0.1) is 11.2 Å². The highest BCUT2D eigenvalue weighted by atomic mass is 32.1. The molecule has 0 radical (unpaired) electrons. The molecule has 0 N–H and O–H groups in total. The van der Waals surface area contributed by atoms with Crippen molar-refractivity contribution in [3.8, 4) is 0 Å². The van der Waals surface area contributed by atoms with Gasteiger partial charge in [-0.05, 0) is 43.3 Å². The van der Waals surface area contributed by atoms with E-state index in [-0.39, 0.29) is 0 Å². The molecule has 0 aliphatic heterocycles. The Morgan fingerprint density at radius 3 is 2.70 bits per heavy atom. The summed E-state index contributed by atoms with van der Waals surface area (Å²) >= 11 is 4.59. The Bertz CT molecular complexity index is 184. The lowest BCUT2D eigenvalue weighted by Gasteiger charge is -2.15. The molecule has 10 heavy (non-hydrogen) atoms. The number of rotatable bonds is 1. The topological polar surface area (TPSA) is 12.4 Å². The Balaban J connectivity index is 2.08. The van der Waals surface area contributed by atoms with E-state index >= 15 is 0 Å². The average molecular weight is 153 g/mol. The summed E-state index contributed by atoms with van der Waals surface area (Å²) < 4.78 is 0. The van der Waals surface area contributed by atoms with E-state index < -0.39 is 0 Å². The van der Waals surface area contributed by atoms with Crippen LogP contribution in [-0.4, -0.2) is 11.2 Å². The molecule has 0 spiro atoms. The van der Waals surface area contributed by atoms with Crippen molar-refractivity contribution >= 4 is 17.4 Å². The molecular weight excluding hydrogens is 142 g/mol. The first-order chi connectivity index (χ1) is 4.90. The summed E-state index contributed by atoms with van der Waals surface area (Å²) in [6.45, 7) is 0. The molecule has 0 aromatic rings.